The van der Waals surface area contributed by atoms with Crippen LogP contribution in [0.4, 0.5) is 0 Å². The van der Waals surface area contributed by atoms with E-state index in [0.29, 0.717) is 18.0 Å². The Hall–Kier alpha value is -1.03. The van der Waals surface area contributed by atoms with Crippen molar-refractivity contribution in [2.45, 2.75) is 32.6 Å². The molecule has 5 heteroatoms. The first-order valence-corrected chi connectivity index (χ1v) is 6.54. The van der Waals surface area contributed by atoms with Gasteiger partial charge in [0, 0.05) is 23.5 Å². The quantitative estimate of drug-likeness (QED) is 0.811. The zero-order valence-corrected chi connectivity index (χ0v) is 10.8. The van der Waals surface area contributed by atoms with Crippen LogP contribution in [-0.4, -0.2) is 28.5 Å². The van der Waals surface area contributed by atoms with E-state index in [0.717, 1.165) is 18.5 Å². The van der Waals surface area contributed by atoms with Crippen molar-refractivity contribution in [3.63, 3.8) is 0 Å². The molecule has 0 bridgehead atoms. The van der Waals surface area contributed by atoms with E-state index < -0.39 is 0 Å². The summed E-state index contributed by atoms with van der Waals surface area (Å²) in [5.41, 5.74) is 1.52. The smallest absolute Gasteiger partial charge is 0.254 e. The number of rotatable bonds is 4. The van der Waals surface area contributed by atoms with Crippen LogP contribution in [0, 0.1) is 12.3 Å². The molecule has 1 saturated carbocycles. The second-order valence-electron chi connectivity index (χ2n) is 4.93. The summed E-state index contributed by atoms with van der Waals surface area (Å²) in [6, 6.07) is 0. The molecule has 0 unspecified atom stereocenters. The highest BCUT2D eigenvalue weighted by Gasteiger charge is 2.33. The molecule has 17 heavy (non-hydrogen) atoms. The summed E-state index contributed by atoms with van der Waals surface area (Å²) in [6.07, 6.45) is 6.22. The van der Waals surface area contributed by atoms with Crippen molar-refractivity contribution in [3.8, 4) is 0 Å². The molecule has 0 atom stereocenters. The average Bonchev–Trinajstić information content (AvgIpc) is 2.95. The summed E-state index contributed by atoms with van der Waals surface area (Å²) in [5, 5.41) is 9.59. The highest BCUT2D eigenvalue weighted by Crippen LogP contribution is 2.38. The lowest BCUT2D eigenvalue weighted by molar-refractivity contribution is 0.0934. The van der Waals surface area contributed by atoms with Crippen molar-refractivity contribution in [1.82, 2.24) is 15.5 Å². The van der Waals surface area contributed by atoms with Crippen LogP contribution in [-0.2, 0) is 0 Å². The Balaban J connectivity index is 1.94. The number of nitrogens with zero attached hydrogens (tertiary/aromatic N) is 1. The Morgan fingerprint density at radius 1 is 1.59 bits per heavy atom. The van der Waals surface area contributed by atoms with E-state index in [1.165, 1.54) is 12.8 Å². The van der Waals surface area contributed by atoms with Crippen molar-refractivity contribution in [3.05, 3.63) is 17.5 Å². The fourth-order valence-corrected chi connectivity index (χ4v) is 2.79. The minimum atomic E-state index is -0.0624. The third kappa shape index (κ3) is 2.63. The van der Waals surface area contributed by atoms with Crippen LogP contribution < -0.4 is 5.32 Å². The van der Waals surface area contributed by atoms with Gasteiger partial charge in [-0.2, -0.15) is 5.10 Å². The van der Waals surface area contributed by atoms with E-state index in [1.54, 1.807) is 6.20 Å². The van der Waals surface area contributed by atoms with Gasteiger partial charge < -0.3 is 5.32 Å². The van der Waals surface area contributed by atoms with Gasteiger partial charge in [0.25, 0.3) is 5.91 Å². The van der Waals surface area contributed by atoms with Crippen LogP contribution in [0.3, 0.4) is 0 Å². The van der Waals surface area contributed by atoms with Gasteiger partial charge >= 0.3 is 0 Å². The van der Waals surface area contributed by atoms with Gasteiger partial charge in [-0.25, -0.2) is 0 Å². The zero-order valence-electron chi connectivity index (χ0n) is 10.1. The van der Waals surface area contributed by atoms with Crippen LogP contribution in [0.15, 0.2) is 6.20 Å². The minimum absolute atomic E-state index is 0.0624. The lowest BCUT2D eigenvalue weighted by Crippen LogP contribution is -2.37. The van der Waals surface area contributed by atoms with Crippen molar-refractivity contribution in [2.24, 2.45) is 5.41 Å². The Morgan fingerprint density at radius 2 is 2.29 bits per heavy atom. The number of hydrogen-bond donors (Lipinski definition) is 2. The molecule has 94 valence electrons. The highest BCUT2D eigenvalue weighted by atomic mass is 35.5. The van der Waals surface area contributed by atoms with Gasteiger partial charge in [0.1, 0.15) is 0 Å². The number of amides is 1. The molecule has 0 radical (unpaired) electrons. The topological polar surface area (TPSA) is 57.8 Å². The number of halogens is 1. The van der Waals surface area contributed by atoms with Gasteiger partial charge in [-0.15, -0.1) is 11.6 Å². The predicted octanol–water partition coefficient (Wildman–Crippen LogP) is 2.25. The number of aromatic amines is 1. The maximum Gasteiger partial charge on any atom is 0.254 e. The second-order valence-corrected chi connectivity index (χ2v) is 5.20. The van der Waals surface area contributed by atoms with Gasteiger partial charge in [0.05, 0.1) is 11.8 Å². The Bertz CT molecular complexity index is 396. The van der Waals surface area contributed by atoms with E-state index in [1.807, 2.05) is 6.92 Å². The molecule has 1 heterocycles. The summed E-state index contributed by atoms with van der Waals surface area (Å²) in [6.45, 7) is 2.51. The molecule has 1 fully saturated rings. The predicted molar refractivity (Wildman–Crippen MR) is 67.3 cm³/mol. The van der Waals surface area contributed by atoms with Gasteiger partial charge in [0.2, 0.25) is 0 Å². The van der Waals surface area contributed by atoms with Crippen LogP contribution in [0.5, 0.6) is 0 Å². The molecule has 0 aromatic carbocycles. The summed E-state index contributed by atoms with van der Waals surface area (Å²) in [5.74, 6) is 0.560. The monoisotopic (exact) mass is 255 g/mol. The number of carbonyl (C=O) groups is 1. The van der Waals surface area contributed by atoms with Crippen LogP contribution in [0.1, 0.15) is 41.7 Å². The first-order chi connectivity index (χ1) is 8.17. The van der Waals surface area contributed by atoms with Crippen molar-refractivity contribution >= 4 is 17.5 Å². The summed E-state index contributed by atoms with van der Waals surface area (Å²) < 4.78 is 0. The maximum atomic E-state index is 11.9. The molecule has 1 aromatic heterocycles. The fourth-order valence-electron chi connectivity index (χ4n) is 2.43. The normalized spacial score (nSPS) is 18.2. The van der Waals surface area contributed by atoms with Crippen molar-refractivity contribution < 1.29 is 4.79 Å². The minimum Gasteiger partial charge on any atom is -0.351 e. The maximum absolute atomic E-state index is 11.9. The first kappa shape index (κ1) is 12.4. The van der Waals surface area contributed by atoms with E-state index in [2.05, 4.69) is 15.5 Å². The molecule has 1 aliphatic rings. The largest absolute Gasteiger partial charge is 0.351 e. The highest BCUT2D eigenvalue weighted by molar-refractivity contribution is 6.18. The lowest BCUT2D eigenvalue weighted by atomic mass is 9.88. The molecule has 4 nitrogen and oxygen atoms in total. The number of aryl methyl sites for hydroxylation is 1. The Morgan fingerprint density at radius 3 is 2.82 bits per heavy atom. The lowest BCUT2D eigenvalue weighted by Gasteiger charge is -2.26. The number of aromatic nitrogens is 2. The molecule has 2 N–H and O–H groups in total. The zero-order chi connectivity index (χ0) is 12.3. The number of carbonyl (C=O) groups excluding carboxylic acids is 1. The third-order valence-electron chi connectivity index (χ3n) is 3.65. The van der Waals surface area contributed by atoms with Gasteiger partial charge in [0.15, 0.2) is 0 Å². The average molecular weight is 256 g/mol. The fraction of sp³-hybridized carbons (Fsp3) is 0.667. The van der Waals surface area contributed by atoms with E-state index in [9.17, 15) is 4.79 Å². The number of alkyl halides is 1. The van der Waals surface area contributed by atoms with Crippen LogP contribution >= 0.6 is 11.6 Å². The Kier molecular flexibility index (Phi) is 3.72. The third-order valence-corrected chi connectivity index (χ3v) is 4.21. The van der Waals surface area contributed by atoms with E-state index >= 15 is 0 Å². The SMILES string of the molecule is Cc1[nH]ncc1C(=O)NCC1(CCl)CCCC1. The molecule has 1 aliphatic carbocycles. The molecule has 1 amide bonds. The Labute approximate surface area is 106 Å². The summed E-state index contributed by atoms with van der Waals surface area (Å²) >= 11 is 6.03. The van der Waals surface area contributed by atoms with Gasteiger partial charge in [-0.1, -0.05) is 12.8 Å². The van der Waals surface area contributed by atoms with Gasteiger partial charge in [-0.05, 0) is 19.8 Å². The molecule has 0 saturated heterocycles. The number of nitrogens with one attached hydrogen (secondary N) is 2. The van der Waals surface area contributed by atoms with Gasteiger partial charge in [-0.3, -0.25) is 9.89 Å². The second kappa shape index (κ2) is 5.08. The molecule has 0 spiro atoms. The molecular formula is C12H18ClN3O. The molecular weight excluding hydrogens is 238 g/mol. The van der Waals surface area contributed by atoms with Crippen molar-refractivity contribution in [2.75, 3.05) is 12.4 Å². The van der Waals surface area contributed by atoms with Crippen LogP contribution in [0.2, 0.25) is 0 Å². The standard InChI is InChI=1S/C12H18ClN3O/c1-9-10(6-15-16-9)11(17)14-8-12(7-13)4-2-3-5-12/h6H,2-5,7-8H2,1H3,(H,14,17)(H,15,16). The van der Waals surface area contributed by atoms with E-state index in [-0.39, 0.29) is 11.3 Å². The first-order valence-electron chi connectivity index (χ1n) is 6.01. The number of hydrogen-bond acceptors (Lipinski definition) is 2. The summed E-state index contributed by atoms with van der Waals surface area (Å²) in [7, 11) is 0. The van der Waals surface area contributed by atoms with Crippen LogP contribution in [0.25, 0.3) is 0 Å². The summed E-state index contributed by atoms with van der Waals surface area (Å²) in [4.78, 5) is 11.9. The van der Waals surface area contributed by atoms with Crippen molar-refractivity contribution in [1.29, 1.82) is 0 Å². The molecule has 2 rings (SSSR count). The number of H-pyrrole nitrogens is 1. The van der Waals surface area contributed by atoms with E-state index in [4.69, 9.17) is 11.6 Å². The molecule has 0 aliphatic heterocycles. The molecule has 1 aromatic rings.